The van der Waals surface area contributed by atoms with Gasteiger partial charge in [-0.25, -0.2) is 0 Å². The molecule has 8 heteroatoms. The van der Waals surface area contributed by atoms with Crippen LogP contribution < -0.4 is 5.32 Å². The highest BCUT2D eigenvalue weighted by atomic mass is 19.4. The Morgan fingerprint density at radius 2 is 1.86 bits per heavy atom. The van der Waals surface area contributed by atoms with Crippen molar-refractivity contribution in [2.75, 3.05) is 45.6 Å². The summed E-state index contributed by atoms with van der Waals surface area (Å²) >= 11 is 0. The Kier molecular flexibility index (Phi) is 8.25. The summed E-state index contributed by atoms with van der Waals surface area (Å²) in [7, 11) is 3.77. The van der Waals surface area contributed by atoms with Crippen molar-refractivity contribution in [3.8, 4) is 0 Å². The fourth-order valence-electron chi connectivity index (χ4n) is 4.92. The van der Waals surface area contributed by atoms with Gasteiger partial charge in [-0.3, -0.25) is 9.69 Å². The molecule has 1 aliphatic carbocycles. The molecule has 1 fully saturated rings. The number of hydrogen-bond donors (Lipinski definition) is 1. The zero-order chi connectivity index (χ0) is 25.9. The number of fused-ring (bicyclic) bond motifs is 1. The van der Waals surface area contributed by atoms with E-state index >= 15 is 0 Å². The van der Waals surface area contributed by atoms with Gasteiger partial charge >= 0.3 is 6.18 Å². The van der Waals surface area contributed by atoms with Gasteiger partial charge in [0.2, 0.25) is 5.91 Å². The molecule has 1 amide bonds. The minimum atomic E-state index is -4.47. The monoisotopic (exact) mass is 502 g/mol. The van der Waals surface area contributed by atoms with Crippen LogP contribution >= 0.6 is 0 Å². The SMILES string of the molecule is C[C@H](Nc1cccc2c1CCN(CC1CC1)C2)C(=O)N(CCN(C)C)Cc1ccccc1C(F)(F)F. The lowest BCUT2D eigenvalue weighted by molar-refractivity contribution is -0.140. The standard InChI is InChI=1S/C28H37F3N4O/c1-20(32-26-10-6-8-22-18-34(14-13-24(22)26)17-21-11-12-21)27(36)35(16-15-33(2)3)19-23-7-4-5-9-25(23)28(29,30)31/h4-10,20-21,32H,11-19H2,1-3H3/t20-/m0/s1. The first-order valence-electron chi connectivity index (χ1n) is 12.8. The van der Waals surface area contributed by atoms with Crippen molar-refractivity contribution in [3.05, 3.63) is 64.7 Å². The van der Waals surface area contributed by atoms with Crippen LogP contribution in [0, 0.1) is 5.92 Å². The largest absolute Gasteiger partial charge is 0.416 e. The number of carbonyl (C=O) groups is 1. The van der Waals surface area contributed by atoms with E-state index in [1.54, 1.807) is 13.0 Å². The lowest BCUT2D eigenvalue weighted by Gasteiger charge is -2.32. The third-order valence-electron chi connectivity index (χ3n) is 7.11. The summed E-state index contributed by atoms with van der Waals surface area (Å²) in [4.78, 5) is 19.5. The third kappa shape index (κ3) is 6.79. The van der Waals surface area contributed by atoms with Crippen molar-refractivity contribution in [2.24, 2.45) is 5.92 Å². The molecule has 2 aliphatic rings. The maximum Gasteiger partial charge on any atom is 0.416 e. The Morgan fingerprint density at radius 3 is 2.56 bits per heavy atom. The molecule has 0 bridgehead atoms. The van der Waals surface area contributed by atoms with Gasteiger partial charge in [0.25, 0.3) is 0 Å². The highest BCUT2D eigenvalue weighted by Crippen LogP contribution is 2.34. The second kappa shape index (κ2) is 11.2. The molecule has 5 nitrogen and oxygen atoms in total. The number of carbonyl (C=O) groups excluding carboxylic acids is 1. The number of amides is 1. The molecular formula is C28H37F3N4O. The fraction of sp³-hybridized carbons (Fsp3) is 0.536. The van der Waals surface area contributed by atoms with Gasteiger partial charge in [-0.05, 0) is 75.0 Å². The predicted molar refractivity (Wildman–Crippen MR) is 137 cm³/mol. The number of nitrogens with zero attached hydrogens (tertiary/aromatic N) is 3. The van der Waals surface area contributed by atoms with Gasteiger partial charge in [-0.1, -0.05) is 30.3 Å². The molecule has 1 aliphatic heterocycles. The van der Waals surface area contributed by atoms with E-state index in [1.165, 1.54) is 41.0 Å². The Hall–Kier alpha value is -2.58. The first-order chi connectivity index (χ1) is 17.1. The summed E-state index contributed by atoms with van der Waals surface area (Å²) in [6, 6.07) is 11.1. The summed E-state index contributed by atoms with van der Waals surface area (Å²) in [5.74, 6) is 0.638. The molecule has 2 aromatic rings. The Morgan fingerprint density at radius 1 is 1.11 bits per heavy atom. The van der Waals surface area contributed by atoms with E-state index in [2.05, 4.69) is 16.3 Å². The van der Waals surface area contributed by atoms with E-state index < -0.39 is 17.8 Å². The van der Waals surface area contributed by atoms with Gasteiger partial charge in [0, 0.05) is 45.0 Å². The zero-order valence-corrected chi connectivity index (χ0v) is 21.4. The van der Waals surface area contributed by atoms with Crippen molar-refractivity contribution in [1.29, 1.82) is 0 Å². The predicted octanol–water partition coefficient (Wildman–Crippen LogP) is 4.86. The highest BCUT2D eigenvalue weighted by molar-refractivity contribution is 5.84. The number of likely N-dealkylation sites (N-methyl/N-ethyl adjacent to an activating group) is 1. The van der Waals surface area contributed by atoms with Crippen LogP contribution in [0.4, 0.5) is 18.9 Å². The maximum absolute atomic E-state index is 13.6. The number of benzene rings is 2. The maximum atomic E-state index is 13.6. The highest BCUT2D eigenvalue weighted by Gasteiger charge is 2.34. The van der Waals surface area contributed by atoms with E-state index in [4.69, 9.17) is 0 Å². The zero-order valence-electron chi connectivity index (χ0n) is 21.4. The topological polar surface area (TPSA) is 38.8 Å². The Labute approximate surface area is 212 Å². The molecule has 1 N–H and O–H groups in total. The third-order valence-corrected chi connectivity index (χ3v) is 7.11. The first kappa shape index (κ1) is 26.5. The van der Waals surface area contributed by atoms with Gasteiger partial charge in [-0.15, -0.1) is 0 Å². The van der Waals surface area contributed by atoms with E-state index in [-0.39, 0.29) is 18.0 Å². The van der Waals surface area contributed by atoms with Crippen LogP contribution in [-0.4, -0.2) is 66.9 Å². The molecular weight excluding hydrogens is 465 g/mol. The Bertz CT molecular complexity index is 1050. The summed E-state index contributed by atoms with van der Waals surface area (Å²) in [6.07, 6.45) is -0.868. The van der Waals surface area contributed by atoms with Gasteiger partial charge in [-0.2, -0.15) is 13.2 Å². The average Bonchev–Trinajstić information content (AvgIpc) is 3.65. The molecule has 36 heavy (non-hydrogen) atoms. The van der Waals surface area contributed by atoms with E-state index in [0.29, 0.717) is 13.1 Å². The number of nitrogens with one attached hydrogen (secondary N) is 1. The number of hydrogen-bond acceptors (Lipinski definition) is 4. The molecule has 0 unspecified atom stereocenters. The van der Waals surface area contributed by atoms with Gasteiger partial charge < -0.3 is 15.1 Å². The molecule has 0 saturated heterocycles. The van der Waals surface area contributed by atoms with Crippen LogP contribution in [0.5, 0.6) is 0 Å². The molecule has 1 saturated carbocycles. The molecule has 196 valence electrons. The lowest BCUT2D eigenvalue weighted by atomic mass is 9.97. The van der Waals surface area contributed by atoms with Gasteiger partial charge in [0.05, 0.1) is 5.56 Å². The number of anilines is 1. The first-order valence-corrected chi connectivity index (χ1v) is 12.8. The molecule has 0 spiro atoms. The molecule has 1 atom stereocenters. The fourth-order valence-corrected chi connectivity index (χ4v) is 4.92. The quantitative estimate of drug-likeness (QED) is 0.504. The number of halogens is 3. The van der Waals surface area contributed by atoms with Crippen molar-refractivity contribution >= 4 is 11.6 Å². The van der Waals surface area contributed by atoms with E-state index in [1.807, 2.05) is 31.1 Å². The summed E-state index contributed by atoms with van der Waals surface area (Å²) in [5, 5.41) is 3.39. The summed E-state index contributed by atoms with van der Waals surface area (Å²) in [5.41, 5.74) is 2.89. The molecule has 4 rings (SSSR count). The molecule has 2 aromatic carbocycles. The number of alkyl halides is 3. The van der Waals surface area contributed by atoms with Crippen LogP contribution in [0.25, 0.3) is 0 Å². The van der Waals surface area contributed by atoms with E-state index in [0.717, 1.165) is 43.7 Å². The normalized spacial score (nSPS) is 17.1. The Balaban J connectivity index is 1.48. The average molecular weight is 503 g/mol. The second-order valence-corrected chi connectivity index (χ2v) is 10.5. The van der Waals surface area contributed by atoms with Crippen LogP contribution in [0.3, 0.4) is 0 Å². The molecule has 0 radical (unpaired) electrons. The van der Waals surface area contributed by atoms with Crippen LogP contribution in [0.15, 0.2) is 42.5 Å². The van der Waals surface area contributed by atoms with Crippen LogP contribution in [0.1, 0.15) is 42.0 Å². The molecule has 0 aromatic heterocycles. The smallest absolute Gasteiger partial charge is 0.374 e. The van der Waals surface area contributed by atoms with Crippen LogP contribution in [-0.2, 0) is 30.5 Å². The number of rotatable bonds is 10. The van der Waals surface area contributed by atoms with Gasteiger partial charge in [0.15, 0.2) is 0 Å². The lowest BCUT2D eigenvalue weighted by Crippen LogP contribution is -2.44. The summed E-state index contributed by atoms with van der Waals surface area (Å²) < 4.78 is 40.8. The minimum absolute atomic E-state index is 0.0859. The minimum Gasteiger partial charge on any atom is -0.374 e. The van der Waals surface area contributed by atoms with Gasteiger partial charge in [0.1, 0.15) is 6.04 Å². The second-order valence-electron chi connectivity index (χ2n) is 10.5. The summed E-state index contributed by atoms with van der Waals surface area (Å²) in [6.45, 7) is 5.70. The van der Waals surface area contributed by atoms with Crippen molar-refractivity contribution in [1.82, 2.24) is 14.7 Å². The van der Waals surface area contributed by atoms with Crippen molar-refractivity contribution in [2.45, 2.75) is 51.5 Å². The van der Waals surface area contributed by atoms with Crippen molar-refractivity contribution in [3.63, 3.8) is 0 Å². The van der Waals surface area contributed by atoms with E-state index in [9.17, 15) is 18.0 Å². The molecule has 1 heterocycles. The van der Waals surface area contributed by atoms with Crippen molar-refractivity contribution < 1.29 is 18.0 Å². The van der Waals surface area contributed by atoms with Crippen LogP contribution in [0.2, 0.25) is 0 Å².